The Hall–Kier alpha value is -4.89. The summed E-state index contributed by atoms with van der Waals surface area (Å²) in [5.74, 6) is -2.31. The van der Waals surface area contributed by atoms with Crippen molar-refractivity contribution in [1.82, 2.24) is 19.9 Å². The van der Waals surface area contributed by atoms with Gasteiger partial charge < -0.3 is 29.7 Å². The van der Waals surface area contributed by atoms with Crippen LogP contribution in [-0.2, 0) is 29.1 Å². The predicted molar refractivity (Wildman–Crippen MR) is 183 cm³/mol. The number of nitrogens with zero attached hydrogens (tertiary/aromatic N) is 2. The van der Waals surface area contributed by atoms with E-state index >= 15 is 0 Å². The third kappa shape index (κ3) is 7.05. The Bertz CT molecular complexity index is 1990. The van der Waals surface area contributed by atoms with Crippen LogP contribution in [0.3, 0.4) is 0 Å². The Morgan fingerprint density at radius 2 is 1.90 bits per heavy atom. The molecule has 14 nitrogen and oxygen atoms in total. The van der Waals surface area contributed by atoms with Gasteiger partial charge in [0, 0.05) is 33.8 Å². The van der Waals surface area contributed by atoms with Gasteiger partial charge in [-0.2, -0.15) is 0 Å². The number of carbonyl (C=O) groups excluding carboxylic acids is 4. The van der Waals surface area contributed by atoms with Crippen molar-refractivity contribution in [3.63, 3.8) is 0 Å². The number of hydrogen-bond donors (Lipinski definition) is 3. The molecule has 50 heavy (non-hydrogen) atoms. The first kappa shape index (κ1) is 35.0. The van der Waals surface area contributed by atoms with Gasteiger partial charge in [0.15, 0.2) is 0 Å². The van der Waals surface area contributed by atoms with E-state index in [0.717, 1.165) is 0 Å². The molecule has 0 bridgehead atoms. The number of carbonyl (C=O) groups is 4. The fourth-order valence-corrected chi connectivity index (χ4v) is 7.69. The van der Waals surface area contributed by atoms with Crippen molar-refractivity contribution in [2.75, 3.05) is 32.6 Å². The fourth-order valence-electron chi connectivity index (χ4n) is 6.16. The number of rotatable bonds is 13. The van der Waals surface area contributed by atoms with E-state index in [1.54, 1.807) is 36.4 Å². The quantitative estimate of drug-likeness (QED) is 0.174. The second-order valence-electron chi connectivity index (χ2n) is 12.5. The largest absolute Gasteiger partial charge is 0.494 e. The molecule has 2 heterocycles. The molecule has 0 unspecified atom stereocenters. The van der Waals surface area contributed by atoms with Crippen LogP contribution in [0.25, 0.3) is 10.8 Å². The molecule has 3 amide bonds. The molecule has 6 rings (SSSR count). The number of esters is 1. The molecule has 0 radical (unpaired) electrons. The van der Waals surface area contributed by atoms with E-state index in [9.17, 15) is 27.6 Å². The second kappa shape index (κ2) is 13.8. The van der Waals surface area contributed by atoms with Gasteiger partial charge in [0.1, 0.15) is 23.4 Å². The third-order valence-corrected chi connectivity index (χ3v) is 11.2. The highest BCUT2D eigenvalue weighted by atomic mass is 35.5. The lowest BCUT2D eigenvalue weighted by Crippen LogP contribution is -2.57. The first-order valence-electron chi connectivity index (χ1n) is 15.9. The van der Waals surface area contributed by atoms with E-state index in [1.165, 1.54) is 37.5 Å². The van der Waals surface area contributed by atoms with Gasteiger partial charge in [0.25, 0.3) is 5.91 Å². The van der Waals surface area contributed by atoms with Crippen molar-refractivity contribution in [3.8, 4) is 11.6 Å². The van der Waals surface area contributed by atoms with Crippen LogP contribution in [-0.4, -0.2) is 92.2 Å². The number of nitrogens with one attached hydrogen (secondary N) is 3. The number of pyridine rings is 1. The molecule has 1 saturated heterocycles. The Morgan fingerprint density at radius 1 is 1.12 bits per heavy atom. The van der Waals surface area contributed by atoms with E-state index in [-0.39, 0.29) is 37.4 Å². The van der Waals surface area contributed by atoms with Crippen molar-refractivity contribution < 1.29 is 41.8 Å². The molecule has 3 N–H and O–H groups in total. The highest BCUT2D eigenvalue weighted by Gasteiger charge is 2.62. The van der Waals surface area contributed by atoms with Crippen LogP contribution < -0.4 is 24.8 Å². The fraction of sp³-hybridized carbons (Fsp3) is 0.382. The zero-order chi connectivity index (χ0) is 35.8. The van der Waals surface area contributed by atoms with Gasteiger partial charge >= 0.3 is 5.97 Å². The van der Waals surface area contributed by atoms with Crippen molar-refractivity contribution in [1.29, 1.82) is 0 Å². The molecule has 3 aromatic rings. The molecule has 1 aromatic heterocycles. The number of likely N-dealkylation sites (tertiary alicyclic amines) is 1. The number of aromatic nitrogens is 1. The number of amides is 3. The van der Waals surface area contributed by atoms with Crippen molar-refractivity contribution in [3.05, 3.63) is 71.9 Å². The van der Waals surface area contributed by atoms with E-state index in [4.69, 9.17) is 25.8 Å². The Morgan fingerprint density at radius 3 is 2.58 bits per heavy atom. The molecule has 3 fully saturated rings. The maximum Gasteiger partial charge on any atom is 0.337 e. The molecule has 4 atom stereocenters. The molecule has 2 aromatic carbocycles. The number of methoxy groups -OCH3 is 2. The summed E-state index contributed by atoms with van der Waals surface area (Å²) in [5.41, 5.74) is -0.783. The summed E-state index contributed by atoms with van der Waals surface area (Å²) in [6.45, 7) is 3.48. The van der Waals surface area contributed by atoms with Crippen molar-refractivity contribution >= 4 is 61.8 Å². The van der Waals surface area contributed by atoms with Crippen LogP contribution >= 0.6 is 11.6 Å². The normalized spacial score (nSPS) is 22.7. The topological polar surface area (TPSA) is 182 Å². The SMILES string of the molecule is C=C[C@@H]1C[C@]1(NC(=O)[C@@H]1C[C@@H](Oc2ncc(OC)c3ccc(Cl)cc23)CN1C(=O)CNc1cccc(C(=O)OC)c1)C(=O)NS(=O)(=O)C1CC1. The van der Waals surface area contributed by atoms with Crippen LogP contribution in [0.2, 0.25) is 5.02 Å². The molecule has 2 aliphatic carbocycles. The Kier molecular flexibility index (Phi) is 9.64. The minimum absolute atomic E-state index is 0.0172. The summed E-state index contributed by atoms with van der Waals surface area (Å²) in [7, 11) is -1.11. The smallest absolute Gasteiger partial charge is 0.337 e. The highest BCUT2D eigenvalue weighted by Crippen LogP contribution is 2.45. The van der Waals surface area contributed by atoms with E-state index < -0.39 is 62.6 Å². The van der Waals surface area contributed by atoms with Crippen LogP contribution in [0.4, 0.5) is 5.69 Å². The molecular formula is C34H36ClN5O9S. The number of sulfonamides is 1. The minimum atomic E-state index is -3.89. The molecule has 264 valence electrons. The molecule has 2 saturated carbocycles. The molecule has 16 heteroatoms. The van der Waals surface area contributed by atoms with Crippen LogP contribution in [0.15, 0.2) is 61.3 Å². The summed E-state index contributed by atoms with van der Waals surface area (Å²) in [6.07, 6.45) is 3.37. The summed E-state index contributed by atoms with van der Waals surface area (Å²) in [5, 5.41) is 6.80. The predicted octanol–water partition coefficient (Wildman–Crippen LogP) is 2.81. The second-order valence-corrected chi connectivity index (χ2v) is 14.9. The highest BCUT2D eigenvalue weighted by molar-refractivity contribution is 7.91. The molecule has 1 aliphatic heterocycles. The van der Waals surface area contributed by atoms with Gasteiger partial charge in [-0.3, -0.25) is 19.1 Å². The first-order chi connectivity index (χ1) is 23.9. The number of fused-ring (bicyclic) bond motifs is 1. The summed E-state index contributed by atoms with van der Waals surface area (Å²) < 4.78 is 43.9. The zero-order valence-corrected chi connectivity index (χ0v) is 28.9. The van der Waals surface area contributed by atoms with Crippen molar-refractivity contribution in [2.45, 2.75) is 48.6 Å². The monoisotopic (exact) mass is 725 g/mol. The van der Waals surface area contributed by atoms with Crippen LogP contribution in [0.1, 0.15) is 36.0 Å². The Labute approximate surface area is 293 Å². The average Bonchev–Trinajstić information content (AvgIpc) is 4.04. The Balaban J connectivity index is 1.24. The lowest BCUT2D eigenvalue weighted by Gasteiger charge is -2.26. The summed E-state index contributed by atoms with van der Waals surface area (Å²) in [6, 6.07) is 10.5. The number of hydrogen-bond acceptors (Lipinski definition) is 11. The van der Waals surface area contributed by atoms with Gasteiger partial charge in [0.2, 0.25) is 27.7 Å². The number of benzene rings is 2. The zero-order valence-electron chi connectivity index (χ0n) is 27.3. The molecule has 3 aliphatic rings. The number of ether oxygens (including phenoxy) is 3. The molecular weight excluding hydrogens is 690 g/mol. The first-order valence-corrected chi connectivity index (χ1v) is 17.8. The summed E-state index contributed by atoms with van der Waals surface area (Å²) in [4.78, 5) is 58.9. The number of halogens is 1. The van der Waals surface area contributed by atoms with Crippen molar-refractivity contribution in [2.24, 2.45) is 5.92 Å². The van der Waals surface area contributed by atoms with E-state index in [2.05, 4.69) is 26.9 Å². The maximum absolute atomic E-state index is 14.0. The van der Waals surface area contributed by atoms with Gasteiger partial charge in [-0.25, -0.2) is 18.2 Å². The standard InChI is InChI=1S/C34H36ClN5O9S/c1-4-20-15-34(20,33(44)39-50(45,46)24-9-10-24)38-30(42)27-14-23(49-31-26-13-21(35)8-11-25(26)28(47-2)16-37-31)18-40(27)29(41)17-36-22-7-5-6-19(12-22)32(43)48-3/h4-8,11-13,16,20,23-24,27,36H,1,9-10,14-15,17-18H2,2-3H3,(H,38,42)(H,39,44)/t20-,23-,27+,34-/m1/s1. The minimum Gasteiger partial charge on any atom is -0.494 e. The van der Waals surface area contributed by atoms with E-state index in [1.807, 2.05) is 0 Å². The lowest BCUT2D eigenvalue weighted by molar-refractivity contribution is -0.138. The van der Waals surface area contributed by atoms with E-state index in [0.29, 0.717) is 40.1 Å². The molecule has 0 spiro atoms. The van der Waals surface area contributed by atoms with Gasteiger partial charge in [0.05, 0.1) is 44.3 Å². The van der Waals surface area contributed by atoms with Gasteiger partial charge in [-0.15, -0.1) is 6.58 Å². The maximum atomic E-state index is 14.0. The lowest BCUT2D eigenvalue weighted by atomic mass is 10.1. The van der Waals surface area contributed by atoms with Gasteiger partial charge in [-0.05, 0) is 55.7 Å². The average molecular weight is 726 g/mol. The third-order valence-electron chi connectivity index (χ3n) is 9.14. The van der Waals surface area contributed by atoms with Crippen LogP contribution in [0.5, 0.6) is 11.6 Å². The van der Waals surface area contributed by atoms with Crippen LogP contribution in [0, 0.1) is 5.92 Å². The number of anilines is 1. The summed E-state index contributed by atoms with van der Waals surface area (Å²) >= 11 is 6.29. The van der Waals surface area contributed by atoms with Gasteiger partial charge in [-0.1, -0.05) is 23.7 Å².